The van der Waals surface area contributed by atoms with Gasteiger partial charge in [0.25, 0.3) is 5.91 Å². The number of rotatable bonds is 4. The average molecular weight is 494 g/mol. The number of nitriles is 2. The predicted molar refractivity (Wildman–Crippen MR) is 147 cm³/mol. The maximum absolute atomic E-state index is 13.9. The van der Waals surface area contributed by atoms with E-state index in [1.807, 2.05) is 97.1 Å². The summed E-state index contributed by atoms with van der Waals surface area (Å²) >= 11 is 0. The highest BCUT2D eigenvalue weighted by atomic mass is 16.3. The van der Waals surface area contributed by atoms with E-state index in [9.17, 15) is 20.4 Å². The van der Waals surface area contributed by atoms with Crippen molar-refractivity contribution in [3.63, 3.8) is 0 Å². The van der Waals surface area contributed by atoms with Gasteiger partial charge in [-0.2, -0.15) is 10.5 Å². The van der Waals surface area contributed by atoms with Crippen LogP contribution in [-0.2, 0) is 0 Å². The quantitative estimate of drug-likeness (QED) is 0.308. The molecule has 182 valence electrons. The largest absolute Gasteiger partial charge is 0.508 e. The molecule has 1 N–H and O–H groups in total. The number of allylic oxidation sites excluding steroid dienone is 3. The summed E-state index contributed by atoms with van der Waals surface area (Å²) < 4.78 is 0. The third kappa shape index (κ3) is 4.95. The number of hydrogen-bond acceptors (Lipinski definition) is 4. The smallest absolute Gasteiger partial charge is 0.258 e. The summed E-state index contributed by atoms with van der Waals surface area (Å²) in [5.74, 6) is 0.0409. The van der Waals surface area contributed by atoms with E-state index < -0.39 is 6.04 Å². The minimum absolute atomic E-state index is 0.0363. The van der Waals surface area contributed by atoms with Crippen LogP contribution in [0.2, 0.25) is 0 Å². The second-order valence-electron chi connectivity index (χ2n) is 8.99. The standard InChI is InChI=1S/C33H23N3O2/c34-21-29(22-35)28-18-30(15-12-23-11-13-27-19-31(37)16-14-26(27)17-23)36(33(38)25-9-5-2-6-10-25)32(20-28)24-7-3-1-4-8-24/h1-19,32,37H,20H2/b15-12+. The maximum atomic E-state index is 13.9. The Morgan fingerprint density at radius 3 is 2.21 bits per heavy atom. The topological polar surface area (TPSA) is 88.1 Å². The molecule has 0 fully saturated rings. The molecule has 1 heterocycles. The van der Waals surface area contributed by atoms with Crippen molar-refractivity contribution in [3.05, 3.63) is 143 Å². The van der Waals surface area contributed by atoms with Crippen LogP contribution in [0.15, 0.2) is 126 Å². The van der Waals surface area contributed by atoms with Crippen molar-refractivity contribution in [1.29, 1.82) is 10.5 Å². The van der Waals surface area contributed by atoms with Gasteiger partial charge in [0.15, 0.2) is 0 Å². The van der Waals surface area contributed by atoms with Crippen LogP contribution in [0.1, 0.15) is 33.9 Å². The number of aromatic hydroxyl groups is 1. The van der Waals surface area contributed by atoms with Crippen LogP contribution in [0.3, 0.4) is 0 Å². The van der Waals surface area contributed by atoms with Gasteiger partial charge in [-0.05, 0) is 76.4 Å². The molecule has 0 radical (unpaired) electrons. The predicted octanol–water partition coefficient (Wildman–Crippen LogP) is 7.07. The minimum Gasteiger partial charge on any atom is -0.508 e. The highest BCUT2D eigenvalue weighted by Crippen LogP contribution is 2.39. The summed E-state index contributed by atoms with van der Waals surface area (Å²) in [7, 11) is 0. The maximum Gasteiger partial charge on any atom is 0.258 e. The summed E-state index contributed by atoms with van der Waals surface area (Å²) in [4.78, 5) is 15.7. The van der Waals surface area contributed by atoms with Crippen molar-refractivity contribution in [2.75, 3.05) is 0 Å². The van der Waals surface area contributed by atoms with Crippen LogP contribution >= 0.6 is 0 Å². The second-order valence-corrected chi connectivity index (χ2v) is 8.99. The van der Waals surface area contributed by atoms with Crippen molar-refractivity contribution in [2.45, 2.75) is 12.5 Å². The minimum atomic E-state index is -0.403. The molecule has 1 atom stereocenters. The zero-order valence-corrected chi connectivity index (χ0v) is 20.5. The van der Waals surface area contributed by atoms with Crippen molar-refractivity contribution >= 4 is 22.8 Å². The Balaban J connectivity index is 1.65. The number of carbonyl (C=O) groups excluding carboxylic acids is 1. The monoisotopic (exact) mass is 493 g/mol. The van der Waals surface area contributed by atoms with Gasteiger partial charge in [-0.1, -0.05) is 72.8 Å². The Bertz CT molecular complexity index is 1670. The Morgan fingerprint density at radius 2 is 1.50 bits per heavy atom. The lowest BCUT2D eigenvalue weighted by Crippen LogP contribution is -2.36. The summed E-state index contributed by atoms with van der Waals surface area (Å²) in [6.07, 6.45) is 5.87. The molecule has 38 heavy (non-hydrogen) atoms. The van der Waals surface area contributed by atoms with Gasteiger partial charge in [0.05, 0.1) is 6.04 Å². The molecule has 1 amide bonds. The van der Waals surface area contributed by atoms with Crippen molar-refractivity contribution in [3.8, 4) is 17.9 Å². The molecule has 0 spiro atoms. The normalized spacial score (nSPS) is 15.1. The Morgan fingerprint density at radius 1 is 0.842 bits per heavy atom. The Hall–Kier alpha value is -5.39. The van der Waals surface area contributed by atoms with Gasteiger partial charge in [-0.15, -0.1) is 0 Å². The molecule has 5 nitrogen and oxygen atoms in total. The molecule has 0 saturated heterocycles. The number of fused-ring (bicyclic) bond motifs is 1. The molecule has 0 bridgehead atoms. The Labute approximate surface area is 221 Å². The fraction of sp³-hybridized carbons (Fsp3) is 0.0606. The molecule has 1 aliphatic heterocycles. The zero-order chi connectivity index (χ0) is 26.5. The van der Waals surface area contributed by atoms with E-state index in [0.717, 1.165) is 21.9 Å². The lowest BCUT2D eigenvalue weighted by Gasteiger charge is -2.37. The summed E-state index contributed by atoms with van der Waals surface area (Å²) in [6, 6.07) is 33.4. The molecule has 0 aromatic heterocycles. The fourth-order valence-electron chi connectivity index (χ4n) is 4.72. The van der Waals surface area contributed by atoms with E-state index in [1.165, 1.54) is 0 Å². The lowest BCUT2D eigenvalue weighted by atomic mass is 9.89. The van der Waals surface area contributed by atoms with Crippen molar-refractivity contribution < 1.29 is 9.90 Å². The number of amides is 1. The molecular formula is C33H23N3O2. The van der Waals surface area contributed by atoms with Gasteiger partial charge in [0.2, 0.25) is 0 Å². The first kappa shape index (κ1) is 24.3. The van der Waals surface area contributed by atoms with Crippen molar-refractivity contribution in [1.82, 2.24) is 4.90 Å². The number of phenolic OH excluding ortho intramolecular Hbond substituents is 1. The fourth-order valence-corrected chi connectivity index (χ4v) is 4.72. The molecule has 4 aromatic carbocycles. The van der Waals surface area contributed by atoms with Gasteiger partial charge in [-0.3, -0.25) is 4.79 Å². The van der Waals surface area contributed by atoms with E-state index in [-0.39, 0.29) is 17.2 Å². The molecule has 4 aromatic rings. The van der Waals surface area contributed by atoms with E-state index >= 15 is 0 Å². The molecule has 0 aliphatic carbocycles. The van der Waals surface area contributed by atoms with Gasteiger partial charge in [0, 0.05) is 11.3 Å². The van der Waals surface area contributed by atoms with Gasteiger partial charge in [-0.25, -0.2) is 0 Å². The number of carbonyl (C=O) groups is 1. The molecule has 5 rings (SSSR count). The van der Waals surface area contributed by atoms with Crippen LogP contribution in [0.5, 0.6) is 5.75 Å². The molecular weight excluding hydrogens is 470 g/mol. The lowest BCUT2D eigenvalue weighted by molar-refractivity contribution is 0.0744. The second kappa shape index (κ2) is 10.7. The third-order valence-corrected chi connectivity index (χ3v) is 6.59. The molecule has 5 heteroatoms. The number of nitrogens with zero attached hydrogens (tertiary/aromatic N) is 3. The third-order valence-electron chi connectivity index (χ3n) is 6.59. The number of phenols is 1. The summed E-state index contributed by atoms with van der Waals surface area (Å²) in [6.45, 7) is 0. The van der Waals surface area contributed by atoms with Gasteiger partial charge >= 0.3 is 0 Å². The SMILES string of the molecule is N#CC(C#N)=C1C=C(/C=C/c2ccc3cc(O)ccc3c2)N(C(=O)c2ccccc2)C(c2ccccc2)C1. The van der Waals surface area contributed by atoms with E-state index in [0.29, 0.717) is 23.3 Å². The Kier molecular flexibility index (Phi) is 6.85. The average Bonchev–Trinajstić information content (AvgIpc) is 2.97. The van der Waals surface area contributed by atoms with E-state index in [2.05, 4.69) is 0 Å². The van der Waals surface area contributed by atoms with Gasteiger partial charge in [0.1, 0.15) is 23.5 Å². The first-order chi connectivity index (χ1) is 18.6. The summed E-state index contributed by atoms with van der Waals surface area (Å²) in [5.41, 5.74) is 3.58. The highest BCUT2D eigenvalue weighted by Gasteiger charge is 2.33. The molecule has 1 aliphatic rings. The zero-order valence-electron chi connectivity index (χ0n) is 20.5. The molecule has 0 saturated carbocycles. The van der Waals surface area contributed by atoms with Crippen LogP contribution in [0.25, 0.3) is 16.8 Å². The van der Waals surface area contributed by atoms with Crippen LogP contribution in [-0.4, -0.2) is 15.9 Å². The van der Waals surface area contributed by atoms with E-state index in [1.54, 1.807) is 35.2 Å². The van der Waals surface area contributed by atoms with Gasteiger partial charge < -0.3 is 10.0 Å². The van der Waals surface area contributed by atoms with Crippen LogP contribution < -0.4 is 0 Å². The number of benzene rings is 4. The number of hydrogen-bond donors (Lipinski definition) is 1. The first-order valence-electron chi connectivity index (χ1n) is 12.2. The van der Waals surface area contributed by atoms with Crippen LogP contribution in [0, 0.1) is 22.7 Å². The molecule has 1 unspecified atom stereocenters. The highest BCUT2D eigenvalue weighted by molar-refractivity contribution is 5.96. The first-order valence-corrected chi connectivity index (χ1v) is 12.2. The van der Waals surface area contributed by atoms with Crippen molar-refractivity contribution in [2.24, 2.45) is 0 Å². The summed E-state index contributed by atoms with van der Waals surface area (Å²) in [5, 5.41) is 30.9. The van der Waals surface area contributed by atoms with Crippen LogP contribution in [0.4, 0.5) is 0 Å². The van der Waals surface area contributed by atoms with E-state index in [4.69, 9.17) is 0 Å².